The van der Waals surface area contributed by atoms with Crippen LogP contribution in [-0.4, -0.2) is 54.1 Å². The molecule has 0 amide bonds. The molecule has 0 saturated carbocycles. The fraction of sp³-hybridized carbons (Fsp3) is 0.273. The minimum atomic E-state index is -1.80. The van der Waals surface area contributed by atoms with Crippen molar-refractivity contribution in [3.63, 3.8) is 0 Å². The van der Waals surface area contributed by atoms with Crippen LogP contribution in [0.3, 0.4) is 0 Å². The van der Waals surface area contributed by atoms with Crippen molar-refractivity contribution in [2.75, 3.05) is 0 Å². The van der Waals surface area contributed by atoms with Crippen LogP contribution < -0.4 is 0 Å². The molecule has 0 aromatic heterocycles. The molecule has 4 rings (SSSR count). The molecule has 0 spiro atoms. The minimum absolute atomic E-state index is 0.191. The van der Waals surface area contributed by atoms with Crippen LogP contribution in [0.2, 0.25) is 0 Å². The number of rotatable bonds is 9. The average Bonchev–Trinajstić information content (AvgIpc) is 3.05. The van der Waals surface area contributed by atoms with Crippen molar-refractivity contribution in [3.05, 3.63) is 108 Å². The van der Waals surface area contributed by atoms with Crippen LogP contribution in [0.4, 0.5) is 0 Å². The van der Waals surface area contributed by atoms with Gasteiger partial charge in [0.25, 0.3) is 0 Å². The molecule has 0 bridgehead atoms. The van der Waals surface area contributed by atoms with Crippen molar-refractivity contribution >= 4 is 35.8 Å². The second kappa shape index (κ2) is 16.4. The molecule has 12 heteroatoms. The average molecular weight is 619 g/mol. The lowest BCUT2D eigenvalue weighted by Crippen LogP contribution is -2.40. The van der Waals surface area contributed by atoms with Crippen LogP contribution in [0.25, 0.3) is 0 Å². The maximum atomic E-state index is 12.9. The summed E-state index contributed by atoms with van der Waals surface area (Å²) < 4.78 is 31.3. The lowest BCUT2D eigenvalue weighted by atomic mass is 10.2. The van der Waals surface area contributed by atoms with Gasteiger partial charge in [-0.25, -0.2) is 14.4 Å². The lowest BCUT2D eigenvalue weighted by molar-refractivity contribution is -0.186. The van der Waals surface area contributed by atoms with Crippen LogP contribution in [0, 0.1) is 0 Å². The molecule has 0 unspecified atom stereocenters. The predicted octanol–water partition coefficient (Wildman–Crippen LogP) is 3.14. The van der Waals surface area contributed by atoms with Gasteiger partial charge < -0.3 is 28.4 Å². The largest absolute Gasteiger partial charge is 0.458 e. The number of benzene rings is 3. The third kappa shape index (κ3) is 10.6. The van der Waals surface area contributed by atoms with Gasteiger partial charge in [0.1, 0.15) is 19.8 Å². The number of ether oxygens (including phenoxy) is 6. The van der Waals surface area contributed by atoms with E-state index in [2.05, 4.69) is 0 Å². The normalized spacial score (nSPS) is 18.9. The molecule has 12 nitrogen and oxygen atoms in total. The van der Waals surface area contributed by atoms with Crippen LogP contribution in [-0.2, 0) is 77.0 Å². The molecule has 0 N–H and O–H groups in total. The van der Waals surface area contributed by atoms with Gasteiger partial charge in [-0.3, -0.25) is 14.4 Å². The Balaban J connectivity index is 1.51. The van der Waals surface area contributed by atoms with E-state index in [-0.39, 0.29) is 19.8 Å². The number of hydrogen-bond donors (Lipinski definition) is 0. The highest BCUT2D eigenvalue weighted by Crippen LogP contribution is 2.17. The summed E-state index contributed by atoms with van der Waals surface area (Å²) in [4.78, 5) is 77.2. The molecule has 3 aromatic carbocycles. The van der Waals surface area contributed by atoms with E-state index in [1.807, 2.05) is 0 Å². The first-order valence-corrected chi connectivity index (χ1v) is 14.0. The fourth-order valence-corrected chi connectivity index (χ4v) is 4.06. The topological polar surface area (TPSA) is 158 Å². The quantitative estimate of drug-likeness (QED) is 0.255. The van der Waals surface area contributed by atoms with E-state index >= 15 is 0 Å². The molecule has 0 aliphatic carbocycles. The molecule has 1 aliphatic heterocycles. The highest BCUT2D eigenvalue weighted by molar-refractivity contribution is 5.90. The van der Waals surface area contributed by atoms with Crippen molar-refractivity contribution in [1.82, 2.24) is 0 Å². The Kier molecular flexibility index (Phi) is 11.8. The number of cyclic esters (lactones) is 3. The smallest absolute Gasteiger partial charge is 0.348 e. The van der Waals surface area contributed by atoms with E-state index < -0.39 is 73.4 Å². The van der Waals surface area contributed by atoms with E-state index in [1.54, 1.807) is 91.0 Å². The van der Waals surface area contributed by atoms with Crippen molar-refractivity contribution < 1.29 is 57.2 Å². The van der Waals surface area contributed by atoms with Crippen molar-refractivity contribution in [1.29, 1.82) is 0 Å². The highest BCUT2D eigenvalue weighted by Gasteiger charge is 2.37. The van der Waals surface area contributed by atoms with Crippen molar-refractivity contribution in [2.24, 2.45) is 0 Å². The third-order valence-electron chi connectivity index (χ3n) is 6.34. The van der Waals surface area contributed by atoms with Crippen molar-refractivity contribution in [3.8, 4) is 0 Å². The van der Waals surface area contributed by atoms with Gasteiger partial charge >= 0.3 is 35.8 Å². The summed E-state index contributed by atoms with van der Waals surface area (Å²) in [5.74, 6) is -6.70. The van der Waals surface area contributed by atoms with E-state index in [1.165, 1.54) is 0 Å². The summed E-state index contributed by atoms with van der Waals surface area (Å²) in [5, 5.41) is 0. The van der Waals surface area contributed by atoms with Gasteiger partial charge in [0.05, 0.1) is 19.3 Å². The van der Waals surface area contributed by atoms with Gasteiger partial charge in [-0.15, -0.1) is 0 Å². The van der Waals surface area contributed by atoms with Gasteiger partial charge in [-0.1, -0.05) is 91.0 Å². The molecule has 3 atom stereocenters. The number of hydrogen-bond acceptors (Lipinski definition) is 12. The van der Waals surface area contributed by atoms with Crippen LogP contribution in [0.15, 0.2) is 91.0 Å². The molecule has 1 fully saturated rings. The second-order valence-electron chi connectivity index (χ2n) is 9.83. The molecule has 1 saturated heterocycles. The van der Waals surface area contributed by atoms with Gasteiger partial charge in [-0.05, 0) is 16.7 Å². The van der Waals surface area contributed by atoms with Crippen molar-refractivity contribution in [2.45, 2.75) is 57.4 Å². The number of carbonyl (C=O) groups excluding carboxylic acids is 6. The van der Waals surface area contributed by atoms with Crippen LogP contribution >= 0.6 is 0 Å². The summed E-state index contributed by atoms with van der Waals surface area (Å²) in [6.45, 7) is -0.574. The highest BCUT2D eigenvalue weighted by atomic mass is 16.6. The van der Waals surface area contributed by atoms with Gasteiger partial charge in [0, 0.05) is 0 Å². The molecule has 45 heavy (non-hydrogen) atoms. The second-order valence-corrected chi connectivity index (χ2v) is 9.83. The summed E-state index contributed by atoms with van der Waals surface area (Å²) in [6.07, 6.45) is -7.94. The molecular formula is C33H30O12. The molecule has 1 aliphatic rings. The van der Waals surface area contributed by atoms with E-state index in [4.69, 9.17) is 28.4 Å². The Morgan fingerprint density at radius 2 is 0.711 bits per heavy atom. The SMILES string of the molecule is O=C1C[C@H](C(=O)OCc2ccccc2)OC(=O)C[C@@H](C(=O)OCc2ccccc2)OC(=O)C[C@@H](C(=O)OCc2ccccc2)O1. The number of esters is 6. The Morgan fingerprint density at radius 3 is 0.956 bits per heavy atom. The Labute approximate surface area is 258 Å². The third-order valence-corrected chi connectivity index (χ3v) is 6.34. The predicted molar refractivity (Wildman–Crippen MR) is 152 cm³/mol. The zero-order chi connectivity index (χ0) is 32.0. The minimum Gasteiger partial charge on any atom is -0.458 e. The zero-order valence-corrected chi connectivity index (χ0v) is 24.0. The monoisotopic (exact) mass is 618 g/mol. The first kappa shape index (κ1) is 32.4. The molecule has 3 aromatic rings. The maximum absolute atomic E-state index is 12.9. The van der Waals surface area contributed by atoms with E-state index in [0.29, 0.717) is 16.7 Å². The zero-order valence-electron chi connectivity index (χ0n) is 24.0. The van der Waals surface area contributed by atoms with Gasteiger partial charge in [0.2, 0.25) is 18.3 Å². The number of carbonyl (C=O) groups is 6. The molecular weight excluding hydrogens is 588 g/mol. The maximum Gasteiger partial charge on any atom is 0.348 e. The standard InChI is InChI=1S/C33H30O12/c34-28-16-25(31(37)40-19-22-10-4-1-5-11-22)43-29(35)17-26(32(38)41-20-23-12-6-2-7-13-23)45-30(36)18-27(44-28)33(39)42-21-24-14-8-3-9-15-24/h1-15,25-27H,16-21H2/t25-,26-,27+/m0/s1. The Bertz CT molecular complexity index is 1270. The van der Waals surface area contributed by atoms with E-state index in [0.717, 1.165) is 0 Å². The molecule has 1 heterocycles. The van der Waals surface area contributed by atoms with Crippen LogP contribution in [0.5, 0.6) is 0 Å². The van der Waals surface area contributed by atoms with Gasteiger partial charge in [-0.2, -0.15) is 0 Å². The summed E-state index contributed by atoms with van der Waals surface area (Å²) in [7, 11) is 0. The molecule has 234 valence electrons. The van der Waals surface area contributed by atoms with Crippen LogP contribution in [0.1, 0.15) is 36.0 Å². The fourth-order valence-electron chi connectivity index (χ4n) is 4.06. The molecule has 0 radical (unpaired) electrons. The van der Waals surface area contributed by atoms with E-state index in [9.17, 15) is 28.8 Å². The lowest BCUT2D eigenvalue weighted by Gasteiger charge is -2.23. The Hall–Kier alpha value is -5.52. The first-order valence-electron chi connectivity index (χ1n) is 14.0. The summed E-state index contributed by atoms with van der Waals surface area (Å²) >= 11 is 0. The summed E-state index contributed by atoms with van der Waals surface area (Å²) in [5.41, 5.74) is 1.88. The summed E-state index contributed by atoms with van der Waals surface area (Å²) in [6, 6.07) is 25.8. The Morgan fingerprint density at radius 1 is 0.467 bits per heavy atom. The van der Waals surface area contributed by atoms with Gasteiger partial charge in [0.15, 0.2) is 0 Å². The first-order chi connectivity index (χ1) is 21.8.